The van der Waals surface area contributed by atoms with E-state index in [0.29, 0.717) is 12.8 Å². The van der Waals surface area contributed by atoms with E-state index < -0.39 is 23.9 Å². The van der Waals surface area contributed by atoms with Gasteiger partial charge in [0.25, 0.3) is 0 Å². The first-order valence-electron chi connectivity index (χ1n) is 11.7. The summed E-state index contributed by atoms with van der Waals surface area (Å²) < 4.78 is 11.0. The van der Waals surface area contributed by atoms with E-state index >= 15 is 0 Å². The maximum absolute atomic E-state index is 12.5. The van der Waals surface area contributed by atoms with Crippen LogP contribution in [-0.2, 0) is 19.1 Å². The standard InChI is InChI=1S/C26H30N2O6/c1-2-16(24(29)27-13-18-11-17(14-33-18)25(30)31)12-28-26(32)34-15-23-21-9-5-3-7-19(21)20-8-4-6-10-22(20)23/h3-10,16-18,23H,2,11-15H2,1H3,(H,27,29)(H,28,32)(H,30,31)/t16?,17-,18-/m0/s1. The highest BCUT2D eigenvalue weighted by atomic mass is 16.5. The molecule has 1 saturated heterocycles. The van der Waals surface area contributed by atoms with E-state index in [2.05, 4.69) is 34.9 Å². The van der Waals surface area contributed by atoms with Gasteiger partial charge in [0.2, 0.25) is 5.91 Å². The Kier molecular flexibility index (Phi) is 7.47. The molecule has 3 N–H and O–H groups in total. The molecule has 0 bridgehead atoms. The van der Waals surface area contributed by atoms with Gasteiger partial charge in [-0.3, -0.25) is 9.59 Å². The lowest BCUT2D eigenvalue weighted by atomic mass is 9.98. The number of benzene rings is 2. The van der Waals surface area contributed by atoms with Gasteiger partial charge >= 0.3 is 12.1 Å². The summed E-state index contributed by atoms with van der Waals surface area (Å²) in [6.45, 7) is 2.66. The Bertz CT molecular complexity index is 1010. The largest absolute Gasteiger partial charge is 0.481 e. The van der Waals surface area contributed by atoms with Gasteiger partial charge in [-0.1, -0.05) is 55.5 Å². The Morgan fingerprint density at radius 2 is 1.71 bits per heavy atom. The fourth-order valence-electron chi connectivity index (χ4n) is 4.66. The predicted octanol–water partition coefficient (Wildman–Crippen LogP) is 3.16. The molecule has 4 rings (SSSR count). The van der Waals surface area contributed by atoms with Crippen LogP contribution in [0.15, 0.2) is 48.5 Å². The van der Waals surface area contributed by atoms with Crippen LogP contribution >= 0.6 is 0 Å². The Morgan fingerprint density at radius 1 is 1.06 bits per heavy atom. The minimum absolute atomic E-state index is 0.0236. The number of aliphatic carboxylic acids is 1. The van der Waals surface area contributed by atoms with Gasteiger partial charge in [0.1, 0.15) is 6.61 Å². The molecule has 1 fully saturated rings. The molecule has 34 heavy (non-hydrogen) atoms. The van der Waals surface area contributed by atoms with Crippen molar-refractivity contribution in [3.05, 3.63) is 59.7 Å². The molecule has 3 atom stereocenters. The third-order valence-electron chi connectivity index (χ3n) is 6.63. The molecule has 8 heteroatoms. The van der Waals surface area contributed by atoms with Crippen LogP contribution in [0.2, 0.25) is 0 Å². The Hall–Kier alpha value is -3.39. The molecule has 2 aliphatic rings. The molecular formula is C26H30N2O6. The van der Waals surface area contributed by atoms with E-state index in [1.54, 1.807) is 0 Å². The van der Waals surface area contributed by atoms with Crippen LogP contribution in [-0.4, -0.2) is 55.5 Å². The third-order valence-corrected chi connectivity index (χ3v) is 6.63. The monoisotopic (exact) mass is 466 g/mol. The summed E-state index contributed by atoms with van der Waals surface area (Å²) in [6, 6.07) is 16.3. The van der Waals surface area contributed by atoms with Crippen LogP contribution in [0.4, 0.5) is 4.79 Å². The predicted molar refractivity (Wildman–Crippen MR) is 125 cm³/mol. The smallest absolute Gasteiger partial charge is 0.407 e. The van der Waals surface area contributed by atoms with Crippen LogP contribution in [0.1, 0.15) is 36.8 Å². The molecule has 2 amide bonds. The number of nitrogens with one attached hydrogen (secondary N) is 2. The second-order valence-corrected chi connectivity index (χ2v) is 8.78. The minimum atomic E-state index is -0.882. The number of carboxylic acids is 1. The first-order valence-corrected chi connectivity index (χ1v) is 11.7. The topological polar surface area (TPSA) is 114 Å². The van der Waals surface area contributed by atoms with Gasteiger partial charge in [0.05, 0.1) is 24.5 Å². The number of alkyl carbamates (subject to hydrolysis) is 1. The average Bonchev–Trinajstić information content (AvgIpc) is 3.45. The van der Waals surface area contributed by atoms with Crippen molar-refractivity contribution in [3.8, 4) is 11.1 Å². The van der Waals surface area contributed by atoms with E-state index in [-0.39, 0.29) is 44.2 Å². The molecule has 0 aromatic heterocycles. The summed E-state index contributed by atoms with van der Waals surface area (Å²) in [5.74, 6) is -2.06. The van der Waals surface area contributed by atoms with Crippen molar-refractivity contribution in [1.82, 2.24) is 10.6 Å². The Morgan fingerprint density at radius 3 is 2.29 bits per heavy atom. The summed E-state index contributed by atoms with van der Waals surface area (Å²) in [4.78, 5) is 35.9. The summed E-state index contributed by atoms with van der Waals surface area (Å²) >= 11 is 0. The van der Waals surface area contributed by atoms with Gasteiger partial charge in [-0.05, 0) is 35.1 Å². The van der Waals surface area contributed by atoms with Crippen LogP contribution in [0.5, 0.6) is 0 Å². The fourth-order valence-corrected chi connectivity index (χ4v) is 4.66. The summed E-state index contributed by atoms with van der Waals surface area (Å²) in [5, 5.41) is 14.6. The normalized spacial score (nSPS) is 19.7. The lowest BCUT2D eigenvalue weighted by molar-refractivity contribution is -0.141. The number of hydrogen-bond acceptors (Lipinski definition) is 5. The van der Waals surface area contributed by atoms with Crippen LogP contribution in [0, 0.1) is 11.8 Å². The van der Waals surface area contributed by atoms with Crippen LogP contribution in [0.25, 0.3) is 11.1 Å². The van der Waals surface area contributed by atoms with Gasteiger partial charge in [0.15, 0.2) is 0 Å². The molecule has 8 nitrogen and oxygen atoms in total. The minimum Gasteiger partial charge on any atom is -0.481 e. The zero-order valence-electron chi connectivity index (χ0n) is 19.2. The molecule has 0 radical (unpaired) electrons. The quantitative estimate of drug-likeness (QED) is 0.523. The van der Waals surface area contributed by atoms with Crippen molar-refractivity contribution < 1.29 is 29.0 Å². The molecule has 0 spiro atoms. The molecule has 1 aliphatic carbocycles. The fraction of sp³-hybridized carbons (Fsp3) is 0.423. The number of carboxylic acid groups (broad SMARTS) is 1. The number of hydrogen-bond donors (Lipinski definition) is 3. The molecule has 1 heterocycles. The third kappa shape index (κ3) is 5.22. The van der Waals surface area contributed by atoms with Gasteiger partial charge in [-0.15, -0.1) is 0 Å². The Labute approximate surface area is 198 Å². The Balaban J connectivity index is 1.24. The number of fused-ring (bicyclic) bond motifs is 3. The highest BCUT2D eigenvalue weighted by Crippen LogP contribution is 2.44. The molecule has 1 aliphatic heterocycles. The number of carbonyl (C=O) groups excluding carboxylic acids is 2. The van der Waals surface area contributed by atoms with Crippen LogP contribution < -0.4 is 10.6 Å². The van der Waals surface area contributed by atoms with Crippen molar-refractivity contribution in [3.63, 3.8) is 0 Å². The maximum Gasteiger partial charge on any atom is 0.407 e. The maximum atomic E-state index is 12.5. The zero-order chi connectivity index (χ0) is 24.1. The molecule has 0 saturated carbocycles. The van der Waals surface area contributed by atoms with Crippen molar-refractivity contribution >= 4 is 18.0 Å². The van der Waals surface area contributed by atoms with E-state index in [0.717, 1.165) is 22.3 Å². The van der Waals surface area contributed by atoms with Gasteiger partial charge < -0.3 is 25.2 Å². The van der Waals surface area contributed by atoms with Crippen molar-refractivity contribution in [2.75, 3.05) is 26.3 Å². The number of ether oxygens (including phenoxy) is 2. The van der Waals surface area contributed by atoms with Gasteiger partial charge in [-0.25, -0.2) is 4.79 Å². The first-order chi connectivity index (χ1) is 16.5. The van der Waals surface area contributed by atoms with Crippen molar-refractivity contribution in [1.29, 1.82) is 0 Å². The molecule has 2 aromatic rings. The van der Waals surface area contributed by atoms with E-state index in [1.807, 2.05) is 31.2 Å². The lowest BCUT2D eigenvalue weighted by Gasteiger charge is -2.18. The van der Waals surface area contributed by atoms with E-state index in [1.165, 1.54) is 0 Å². The highest BCUT2D eigenvalue weighted by molar-refractivity contribution is 5.80. The number of rotatable bonds is 9. The highest BCUT2D eigenvalue weighted by Gasteiger charge is 2.31. The molecular weight excluding hydrogens is 436 g/mol. The zero-order valence-corrected chi connectivity index (χ0v) is 19.2. The first kappa shape index (κ1) is 23.8. The SMILES string of the molecule is CCC(CNC(=O)OCC1c2ccccc2-c2ccccc21)C(=O)NC[C@@H]1C[C@H](C(=O)O)CO1. The average molecular weight is 467 g/mol. The van der Waals surface area contributed by atoms with Gasteiger partial charge in [-0.2, -0.15) is 0 Å². The summed E-state index contributed by atoms with van der Waals surface area (Å²) in [7, 11) is 0. The van der Waals surface area contributed by atoms with E-state index in [4.69, 9.17) is 14.6 Å². The lowest BCUT2D eigenvalue weighted by Crippen LogP contribution is -2.41. The van der Waals surface area contributed by atoms with Crippen molar-refractivity contribution in [2.24, 2.45) is 11.8 Å². The van der Waals surface area contributed by atoms with Gasteiger partial charge in [0, 0.05) is 19.0 Å². The van der Waals surface area contributed by atoms with Crippen LogP contribution in [0.3, 0.4) is 0 Å². The molecule has 2 aromatic carbocycles. The molecule has 180 valence electrons. The summed E-state index contributed by atoms with van der Waals surface area (Å²) in [6.07, 6.45) is 0.0533. The summed E-state index contributed by atoms with van der Waals surface area (Å²) in [5.41, 5.74) is 4.61. The second kappa shape index (κ2) is 10.7. The number of carbonyl (C=O) groups is 3. The van der Waals surface area contributed by atoms with E-state index in [9.17, 15) is 14.4 Å². The molecule has 1 unspecified atom stereocenters. The number of amides is 2. The van der Waals surface area contributed by atoms with Crippen molar-refractivity contribution in [2.45, 2.75) is 31.8 Å². The second-order valence-electron chi connectivity index (χ2n) is 8.78.